The maximum Gasteiger partial charge on any atom is 0.323 e. The number of carboxylic acids is 1. The summed E-state index contributed by atoms with van der Waals surface area (Å²) in [5.41, 5.74) is -0.944. The van der Waals surface area contributed by atoms with Gasteiger partial charge >= 0.3 is 5.97 Å². The van der Waals surface area contributed by atoms with Gasteiger partial charge in [-0.2, -0.15) is 4.98 Å². The molecule has 1 heterocycles. The van der Waals surface area contributed by atoms with Crippen molar-refractivity contribution in [3.63, 3.8) is 0 Å². The number of nitrogens with zero attached hydrogens (tertiary/aromatic N) is 3. The van der Waals surface area contributed by atoms with Crippen molar-refractivity contribution in [1.82, 2.24) is 15.0 Å². The second kappa shape index (κ2) is 3.75. The van der Waals surface area contributed by atoms with Crippen LogP contribution in [0.5, 0.6) is 0 Å². The molecule has 6 nitrogen and oxygen atoms in total. The topological polar surface area (TPSA) is 79.5 Å². The van der Waals surface area contributed by atoms with Crippen LogP contribution in [-0.2, 0) is 11.3 Å². The van der Waals surface area contributed by atoms with E-state index in [1.165, 1.54) is 6.39 Å². The van der Waals surface area contributed by atoms with Gasteiger partial charge in [-0.1, -0.05) is 5.16 Å². The van der Waals surface area contributed by atoms with Crippen LogP contribution in [0.4, 0.5) is 0 Å². The summed E-state index contributed by atoms with van der Waals surface area (Å²) in [5, 5.41) is 12.5. The highest BCUT2D eigenvalue weighted by Gasteiger charge is 2.32. The Morgan fingerprint density at radius 1 is 1.71 bits per heavy atom. The molecule has 14 heavy (non-hydrogen) atoms. The Kier molecular flexibility index (Phi) is 2.85. The van der Waals surface area contributed by atoms with E-state index < -0.39 is 11.5 Å². The highest BCUT2D eigenvalue weighted by atomic mass is 16.5. The molecule has 1 rings (SSSR count). The van der Waals surface area contributed by atoms with Crippen LogP contribution in [0.15, 0.2) is 10.9 Å². The summed E-state index contributed by atoms with van der Waals surface area (Å²) in [6.07, 6.45) is 1.22. The Balaban J connectivity index is 2.67. The standard InChI is InChI=1S/C8H13N3O3/c1-8(2,7(12)13)11(3)4-6-9-5-14-10-6/h5H,4H2,1-3H3,(H,12,13). The molecule has 0 spiro atoms. The third kappa shape index (κ3) is 2.08. The van der Waals surface area contributed by atoms with E-state index in [0.717, 1.165) is 0 Å². The average molecular weight is 199 g/mol. The first-order chi connectivity index (χ1) is 6.44. The van der Waals surface area contributed by atoms with Gasteiger partial charge in [0.05, 0.1) is 6.54 Å². The van der Waals surface area contributed by atoms with Crippen LogP contribution < -0.4 is 0 Å². The van der Waals surface area contributed by atoms with Crippen molar-refractivity contribution in [1.29, 1.82) is 0 Å². The van der Waals surface area contributed by atoms with Gasteiger partial charge in [0.2, 0.25) is 6.39 Å². The number of hydrogen-bond acceptors (Lipinski definition) is 5. The van der Waals surface area contributed by atoms with E-state index in [-0.39, 0.29) is 0 Å². The maximum atomic E-state index is 10.9. The van der Waals surface area contributed by atoms with Gasteiger partial charge in [-0.3, -0.25) is 9.69 Å². The van der Waals surface area contributed by atoms with Crippen molar-refractivity contribution < 1.29 is 14.4 Å². The maximum absolute atomic E-state index is 10.9. The fraction of sp³-hybridized carbons (Fsp3) is 0.625. The lowest BCUT2D eigenvalue weighted by atomic mass is 10.0. The SMILES string of the molecule is CN(Cc1ncon1)C(C)(C)C(=O)O. The highest BCUT2D eigenvalue weighted by molar-refractivity contribution is 5.77. The van der Waals surface area contributed by atoms with Crippen LogP contribution in [-0.4, -0.2) is 38.7 Å². The van der Waals surface area contributed by atoms with Gasteiger partial charge in [-0.15, -0.1) is 0 Å². The van der Waals surface area contributed by atoms with Crippen molar-refractivity contribution in [2.75, 3.05) is 7.05 Å². The third-order valence-corrected chi connectivity index (χ3v) is 2.26. The van der Waals surface area contributed by atoms with E-state index in [1.807, 2.05) is 0 Å². The molecule has 0 atom stereocenters. The van der Waals surface area contributed by atoms with Crippen LogP contribution in [0, 0.1) is 0 Å². The number of hydrogen-bond donors (Lipinski definition) is 1. The smallest absolute Gasteiger partial charge is 0.323 e. The Morgan fingerprint density at radius 3 is 2.79 bits per heavy atom. The molecular formula is C8H13N3O3. The van der Waals surface area contributed by atoms with Crippen molar-refractivity contribution in [2.24, 2.45) is 0 Å². The first-order valence-electron chi connectivity index (χ1n) is 4.14. The highest BCUT2D eigenvalue weighted by Crippen LogP contribution is 2.14. The molecule has 0 saturated heterocycles. The van der Waals surface area contributed by atoms with E-state index in [2.05, 4.69) is 14.7 Å². The minimum Gasteiger partial charge on any atom is -0.480 e. The molecule has 0 saturated carbocycles. The zero-order valence-electron chi connectivity index (χ0n) is 8.39. The average Bonchev–Trinajstić information content (AvgIpc) is 2.56. The number of aliphatic carboxylic acids is 1. The van der Waals surface area contributed by atoms with Gasteiger partial charge in [0.15, 0.2) is 5.82 Å². The predicted molar refractivity (Wildman–Crippen MR) is 47.5 cm³/mol. The molecule has 1 aromatic rings. The van der Waals surface area contributed by atoms with Gasteiger partial charge in [0, 0.05) is 0 Å². The minimum absolute atomic E-state index is 0.343. The molecule has 0 aromatic carbocycles. The largest absolute Gasteiger partial charge is 0.480 e. The first-order valence-corrected chi connectivity index (χ1v) is 4.14. The van der Waals surface area contributed by atoms with Gasteiger partial charge < -0.3 is 9.63 Å². The first kappa shape index (κ1) is 10.6. The molecule has 6 heteroatoms. The Labute approximate surface area is 81.5 Å². The number of carboxylic acid groups (broad SMARTS) is 1. The van der Waals surface area contributed by atoms with E-state index in [9.17, 15) is 4.79 Å². The van der Waals surface area contributed by atoms with E-state index in [0.29, 0.717) is 12.4 Å². The van der Waals surface area contributed by atoms with Crippen LogP contribution >= 0.6 is 0 Å². The van der Waals surface area contributed by atoms with Crippen molar-refractivity contribution >= 4 is 5.97 Å². The summed E-state index contributed by atoms with van der Waals surface area (Å²) in [4.78, 5) is 16.3. The quantitative estimate of drug-likeness (QED) is 0.754. The zero-order chi connectivity index (χ0) is 10.8. The number of likely N-dealkylation sites (N-methyl/N-ethyl adjacent to an activating group) is 1. The van der Waals surface area contributed by atoms with E-state index >= 15 is 0 Å². The molecule has 0 aliphatic rings. The summed E-state index contributed by atoms with van der Waals surface area (Å²) < 4.78 is 4.55. The van der Waals surface area contributed by atoms with Crippen molar-refractivity contribution in [3.8, 4) is 0 Å². The van der Waals surface area contributed by atoms with Gasteiger partial charge in [-0.25, -0.2) is 0 Å². The zero-order valence-corrected chi connectivity index (χ0v) is 8.39. The van der Waals surface area contributed by atoms with Crippen LogP contribution in [0.2, 0.25) is 0 Å². The predicted octanol–water partition coefficient (Wildman–Crippen LogP) is 0.365. The lowest BCUT2D eigenvalue weighted by Crippen LogP contribution is -2.47. The molecule has 78 valence electrons. The fourth-order valence-corrected chi connectivity index (χ4v) is 0.835. The second-order valence-corrected chi connectivity index (χ2v) is 3.57. The van der Waals surface area contributed by atoms with Crippen molar-refractivity contribution in [2.45, 2.75) is 25.9 Å². The normalized spacial score (nSPS) is 12.0. The fourth-order valence-electron chi connectivity index (χ4n) is 0.835. The number of carbonyl (C=O) groups is 1. The molecule has 0 unspecified atom stereocenters. The molecule has 1 N–H and O–H groups in total. The molecule has 0 amide bonds. The summed E-state index contributed by atoms with van der Waals surface area (Å²) in [6.45, 7) is 3.58. The summed E-state index contributed by atoms with van der Waals surface area (Å²) in [7, 11) is 1.70. The van der Waals surface area contributed by atoms with Gasteiger partial charge in [0.25, 0.3) is 0 Å². The minimum atomic E-state index is -0.944. The molecular weight excluding hydrogens is 186 g/mol. The lowest BCUT2D eigenvalue weighted by Gasteiger charge is -2.30. The van der Waals surface area contributed by atoms with Gasteiger partial charge in [0.1, 0.15) is 5.54 Å². The number of rotatable bonds is 4. The molecule has 1 aromatic heterocycles. The number of aromatic nitrogens is 2. The van der Waals surface area contributed by atoms with E-state index in [4.69, 9.17) is 5.11 Å². The molecule has 0 aliphatic carbocycles. The Bertz CT molecular complexity index is 308. The monoisotopic (exact) mass is 199 g/mol. The molecule has 0 radical (unpaired) electrons. The Hall–Kier alpha value is -1.43. The third-order valence-electron chi connectivity index (χ3n) is 2.26. The molecule has 0 bridgehead atoms. The Morgan fingerprint density at radius 2 is 2.36 bits per heavy atom. The summed E-state index contributed by atoms with van der Waals surface area (Å²) in [5.74, 6) is -0.412. The molecule has 0 fully saturated rings. The lowest BCUT2D eigenvalue weighted by molar-refractivity contribution is -0.148. The van der Waals surface area contributed by atoms with Crippen LogP contribution in [0.3, 0.4) is 0 Å². The van der Waals surface area contributed by atoms with Crippen LogP contribution in [0.1, 0.15) is 19.7 Å². The molecule has 0 aliphatic heterocycles. The summed E-state index contributed by atoms with van der Waals surface area (Å²) >= 11 is 0. The van der Waals surface area contributed by atoms with Crippen molar-refractivity contribution in [3.05, 3.63) is 12.2 Å². The van der Waals surface area contributed by atoms with E-state index in [1.54, 1.807) is 25.8 Å². The summed E-state index contributed by atoms with van der Waals surface area (Å²) in [6, 6.07) is 0. The van der Waals surface area contributed by atoms with Gasteiger partial charge in [-0.05, 0) is 20.9 Å². The van der Waals surface area contributed by atoms with Crippen LogP contribution in [0.25, 0.3) is 0 Å². The second-order valence-electron chi connectivity index (χ2n) is 3.57.